The van der Waals surface area contributed by atoms with Crippen molar-refractivity contribution in [2.24, 2.45) is 0 Å². The predicted octanol–water partition coefficient (Wildman–Crippen LogP) is 2.65. The van der Waals surface area contributed by atoms with Gasteiger partial charge in [-0.25, -0.2) is 4.39 Å². The first-order valence-electron chi connectivity index (χ1n) is 4.47. The molecule has 0 aliphatic carbocycles. The maximum Gasteiger partial charge on any atom is 0.312 e. The van der Waals surface area contributed by atoms with Crippen LogP contribution in [0.5, 0.6) is 0 Å². The molecule has 0 spiro atoms. The van der Waals surface area contributed by atoms with Crippen LogP contribution in [0.4, 0.5) is 4.39 Å². The molecule has 0 atom stereocenters. The Kier molecular flexibility index (Phi) is 2.97. The lowest BCUT2D eigenvalue weighted by atomic mass is 10.1. The molecule has 0 aliphatic rings. The molecule has 0 saturated heterocycles. The molecule has 1 aromatic heterocycles. The molecule has 78 valence electrons. The van der Waals surface area contributed by atoms with E-state index in [9.17, 15) is 4.39 Å². The second kappa shape index (κ2) is 4.40. The van der Waals surface area contributed by atoms with Gasteiger partial charge in [0.2, 0.25) is 5.89 Å². The van der Waals surface area contributed by atoms with Crippen LogP contribution in [0.25, 0.3) is 0 Å². The standard InChI is InChI=1S/C10H8ClFN2O/c11-10-14-13-9(15-10)6-5-7-3-1-2-4-8(7)12/h1-4H,5-6H2. The largest absolute Gasteiger partial charge is 0.412 e. The predicted molar refractivity (Wildman–Crippen MR) is 53.1 cm³/mol. The molecular formula is C10H8ClFN2O. The van der Waals surface area contributed by atoms with Crippen LogP contribution in [0, 0.1) is 5.82 Å². The summed E-state index contributed by atoms with van der Waals surface area (Å²) in [6, 6.07) is 6.60. The van der Waals surface area contributed by atoms with E-state index in [4.69, 9.17) is 16.0 Å². The van der Waals surface area contributed by atoms with Crippen molar-refractivity contribution in [3.8, 4) is 0 Å². The van der Waals surface area contributed by atoms with Gasteiger partial charge in [0, 0.05) is 6.42 Å². The molecule has 0 N–H and O–H groups in total. The van der Waals surface area contributed by atoms with E-state index in [1.54, 1.807) is 18.2 Å². The van der Waals surface area contributed by atoms with Gasteiger partial charge in [-0.1, -0.05) is 23.3 Å². The van der Waals surface area contributed by atoms with E-state index in [1.807, 2.05) is 0 Å². The lowest BCUT2D eigenvalue weighted by Crippen LogP contribution is -1.94. The SMILES string of the molecule is Fc1ccccc1CCc1nnc(Cl)o1. The van der Waals surface area contributed by atoms with Gasteiger partial charge in [-0.2, -0.15) is 0 Å². The van der Waals surface area contributed by atoms with Crippen molar-refractivity contribution >= 4 is 11.6 Å². The Labute approximate surface area is 90.9 Å². The third kappa shape index (κ3) is 2.53. The number of halogens is 2. The molecule has 5 heteroatoms. The molecule has 2 rings (SSSR count). The van der Waals surface area contributed by atoms with Crippen molar-refractivity contribution in [2.45, 2.75) is 12.8 Å². The Balaban J connectivity index is 2.02. The summed E-state index contributed by atoms with van der Waals surface area (Å²) in [4.78, 5) is 0. The molecule has 1 aromatic carbocycles. The summed E-state index contributed by atoms with van der Waals surface area (Å²) in [5.74, 6) is 0.200. The molecule has 15 heavy (non-hydrogen) atoms. The van der Waals surface area contributed by atoms with E-state index in [-0.39, 0.29) is 11.2 Å². The van der Waals surface area contributed by atoms with E-state index in [0.29, 0.717) is 24.3 Å². The van der Waals surface area contributed by atoms with Crippen molar-refractivity contribution in [3.63, 3.8) is 0 Å². The van der Waals surface area contributed by atoms with Gasteiger partial charge in [-0.05, 0) is 29.7 Å². The quantitative estimate of drug-likeness (QED) is 0.808. The molecule has 3 nitrogen and oxygen atoms in total. The summed E-state index contributed by atoms with van der Waals surface area (Å²) in [5, 5.41) is 7.21. The van der Waals surface area contributed by atoms with Gasteiger partial charge in [0.05, 0.1) is 0 Å². The molecule has 0 fully saturated rings. The number of benzene rings is 1. The average Bonchev–Trinajstić information content (AvgIpc) is 2.63. The summed E-state index contributed by atoms with van der Waals surface area (Å²) < 4.78 is 18.2. The molecule has 0 amide bonds. The molecular weight excluding hydrogens is 219 g/mol. The average molecular weight is 227 g/mol. The fourth-order valence-corrected chi connectivity index (χ4v) is 1.40. The number of hydrogen-bond donors (Lipinski definition) is 0. The van der Waals surface area contributed by atoms with Crippen LogP contribution in [0.2, 0.25) is 5.35 Å². The number of hydrogen-bond acceptors (Lipinski definition) is 3. The lowest BCUT2D eigenvalue weighted by Gasteiger charge is -1.99. The third-order valence-electron chi connectivity index (χ3n) is 2.01. The van der Waals surface area contributed by atoms with E-state index < -0.39 is 0 Å². The Bertz CT molecular complexity index is 458. The first-order chi connectivity index (χ1) is 7.25. The number of aromatic nitrogens is 2. The molecule has 0 unspecified atom stereocenters. The second-order valence-corrected chi connectivity index (χ2v) is 3.36. The molecule has 0 bridgehead atoms. The fraction of sp³-hybridized carbons (Fsp3) is 0.200. The van der Waals surface area contributed by atoms with Crippen molar-refractivity contribution in [3.05, 3.63) is 46.9 Å². The normalized spacial score (nSPS) is 10.5. The Hall–Kier alpha value is -1.42. The maximum atomic E-state index is 13.2. The topological polar surface area (TPSA) is 38.9 Å². The zero-order valence-corrected chi connectivity index (χ0v) is 8.54. The Morgan fingerprint density at radius 3 is 2.67 bits per heavy atom. The molecule has 1 heterocycles. The molecule has 2 aromatic rings. The van der Waals surface area contributed by atoms with Crippen molar-refractivity contribution in [2.75, 3.05) is 0 Å². The van der Waals surface area contributed by atoms with Gasteiger partial charge in [0.1, 0.15) is 5.82 Å². The number of rotatable bonds is 3. The van der Waals surface area contributed by atoms with Gasteiger partial charge in [-0.3, -0.25) is 0 Å². The minimum Gasteiger partial charge on any atom is -0.412 e. The van der Waals surface area contributed by atoms with Crippen LogP contribution >= 0.6 is 11.6 Å². The summed E-state index contributed by atoms with van der Waals surface area (Å²) in [6.07, 6.45) is 1.01. The number of aryl methyl sites for hydroxylation is 2. The highest BCUT2D eigenvalue weighted by atomic mass is 35.5. The second-order valence-electron chi connectivity index (χ2n) is 3.04. The first kappa shape index (κ1) is 10.1. The van der Waals surface area contributed by atoms with Crippen LogP contribution in [0.1, 0.15) is 11.5 Å². The zero-order valence-electron chi connectivity index (χ0n) is 7.78. The Morgan fingerprint density at radius 2 is 2.00 bits per heavy atom. The van der Waals surface area contributed by atoms with E-state index >= 15 is 0 Å². The van der Waals surface area contributed by atoms with Gasteiger partial charge in [-0.15, -0.1) is 5.10 Å². The lowest BCUT2D eigenvalue weighted by molar-refractivity contribution is 0.491. The number of nitrogens with zero attached hydrogens (tertiary/aromatic N) is 2. The van der Waals surface area contributed by atoms with Crippen LogP contribution < -0.4 is 0 Å². The smallest absolute Gasteiger partial charge is 0.312 e. The highest BCUT2D eigenvalue weighted by molar-refractivity contribution is 6.27. The maximum absolute atomic E-state index is 13.2. The van der Waals surface area contributed by atoms with Crippen molar-refractivity contribution in [1.82, 2.24) is 10.2 Å². The summed E-state index contributed by atoms with van der Waals surface area (Å²) in [7, 11) is 0. The molecule has 0 aliphatic heterocycles. The van der Waals surface area contributed by atoms with Gasteiger partial charge in [0.25, 0.3) is 0 Å². The van der Waals surface area contributed by atoms with Gasteiger partial charge in [0.15, 0.2) is 0 Å². The Morgan fingerprint density at radius 1 is 1.20 bits per heavy atom. The highest BCUT2D eigenvalue weighted by Crippen LogP contribution is 2.11. The van der Waals surface area contributed by atoms with Gasteiger partial charge < -0.3 is 4.42 Å². The van der Waals surface area contributed by atoms with E-state index in [2.05, 4.69) is 10.2 Å². The van der Waals surface area contributed by atoms with Crippen LogP contribution in [-0.2, 0) is 12.8 Å². The van der Waals surface area contributed by atoms with E-state index in [1.165, 1.54) is 6.07 Å². The van der Waals surface area contributed by atoms with Crippen molar-refractivity contribution < 1.29 is 8.81 Å². The summed E-state index contributed by atoms with van der Waals surface area (Å²) in [6.45, 7) is 0. The monoisotopic (exact) mass is 226 g/mol. The summed E-state index contributed by atoms with van der Waals surface area (Å²) in [5.41, 5.74) is 0.631. The van der Waals surface area contributed by atoms with E-state index in [0.717, 1.165) is 0 Å². The van der Waals surface area contributed by atoms with Crippen molar-refractivity contribution in [1.29, 1.82) is 0 Å². The zero-order chi connectivity index (χ0) is 10.7. The third-order valence-corrected chi connectivity index (χ3v) is 2.16. The van der Waals surface area contributed by atoms with Crippen LogP contribution in [0.3, 0.4) is 0 Å². The minimum absolute atomic E-state index is 0.0125. The molecule has 0 saturated carbocycles. The molecule has 0 radical (unpaired) electrons. The minimum atomic E-state index is -0.219. The first-order valence-corrected chi connectivity index (χ1v) is 4.85. The fourth-order valence-electron chi connectivity index (χ4n) is 1.28. The summed E-state index contributed by atoms with van der Waals surface area (Å²) >= 11 is 5.46. The van der Waals surface area contributed by atoms with Gasteiger partial charge >= 0.3 is 5.35 Å². The van der Waals surface area contributed by atoms with Crippen LogP contribution in [-0.4, -0.2) is 10.2 Å². The van der Waals surface area contributed by atoms with Crippen LogP contribution in [0.15, 0.2) is 28.7 Å². The highest BCUT2D eigenvalue weighted by Gasteiger charge is 2.06.